The Morgan fingerprint density at radius 2 is 1.69 bits per heavy atom. The van der Waals surface area contributed by atoms with Gasteiger partial charge in [0.05, 0.1) is 17.3 Å². The van der Waals surface area contributed by atoms with Gasteiger partial charge in [-0.25, -0.2) is 4.39 Å². The first-order valence-corrected chi connectivity index (χ1v) is 10.6. The predicted molar refractivity (Wildman–Crippen MR) is 121 cm³/mol. The topological polar surface area (TPSA) is 55.8 Å². The molecule has 0 radical (unpaired) electrons. The molecule has 8 heteroatoms. The normalized spacial score (nSPS) is 15.3. The van der Waals surface area contributed by atoms with Crippen LogP contribution in [0.25, 0.3) is 0 Å². The van der Waals surface area contributed by atoms with E-state index < -0.39 is 23.5 Å². The van der Waals surface area contributed by atoms with E-state index in [1.807, 2.05) is 0 Å². The van der Waals surface area contributed by atoms with Gasteiger partial charge in [-0.2, -0.15) is 0 Å². The van der Waals surface area contributed by atoms with E-state index in [0.717, 1.165) is 6.07 Å². The summed E-state index contributed by atoms with van der Waals surface area (Å²) in [6.45, 7) is 1.85. The Bertz CT molecular complexity index is 1170. The predicted octanol–water partition coefficient (Wildman–Crippen LogP) is 6.44. The van der Waals surface area contributed by atoms with E-state index >= 15 is 0 Å². The lowest BCUT2D eigenvalue weighted by atomic mass is 9.90. The first-order chi connectivity index (χ1) is 15.4. The van der Waals surface area contributed by atoms with Crippen LogP contribution in [-0.4, -0.2) is 24.9 Å². The van der Waals surface area contributed by atoms with Crippen molar-refractivity contribution in [2.75, 3.05) is 18.1 Å². The fourth-order valence-corrected chi connectivity index (χ4v) is 3.79. The number of Topliss-reactive ketones (excluding diaryl/α,β-unsaturated/α-hetero) is 1. The zero-order chi connectivity index (χ0) is 22.8. The van der Waals surface area contributed by atoms with Crippen molar-refractivity contribution in [2.45, 2.75) is 6.92 Å². The number of carbonyl (C=O) groups excluding carboxylic acids is 2. The van der Waals surface area contributed by atoms with Gasteiger partial charge in [0.25, 0.3) is 0 Å². The third-order valence-corrected chi connectivity index (χ3v) is 5.59. The van der Waals surface area contributed by atoms with E-state index in [2.05, 4.69) is 0 Å². The van der Waals surface area contributed by atoms with E-state index in [9.17, 15) is 14.0 Å². The molecule has 0 saturated heterocycles. The van der Waals surface area contributed by atoms with Crippen LogP contribution in [0.3, 0.4) is 0 Å². The largest absolute Gasteiger partial charge is 0.465 e. The minimum atomic E-state index is -1.08. The summed E-state index contributed by atoms with van der Waals surface area (Å²) >= 11 is 11.9. The molecule has 0 aromatic heterocycles. The van der Waals surface area contributed by atoms with Gasteiger partial charge in [-0.3, -0.25) is 9.59 Å². The molecule has 3 aromatic rings. The number of hydrogen-bond acceptors (Lipinski definition) is 5. The maximum absolute atomic E-state index is 14.1. The lowest BCUT2D eigenvalue weighted by molar-refractivity contribution is -0.145. The van der Waals surface area contributed by atoms with E-state index in [-0.39, 0.29) is 23.7 Å². The third-order valence-electron chi connectivity index (χ3n) is 5.05. The summed E-state index contributed by atoms with van der Waals surface area (Å²) in [5.74, 6) is -1.73. The van der Waals surface area contributed by atoms with Crippen LogP contribution in [0.5, 0.6) is 11.5 Å². The number of halogens is 3. The zero-order valence-corrected chi connectivity index (χ0v) is 18.5. The standard InChI is InChI=1S/C24H18Cl2FNO4/c1-2-31-24(30)19-13-28(22-12-20(26)21(27)11-18(22)23(19)29)15-5-9-17(10-6-15)32-16-7-3-14(25)4-8-16/h3-12,19H,2,13H2,1H3. The highest BCUT2D eigenvalue weighted by molar-refractivity contribution is 6.31. The summed E-state index contributed by atoms with van der Waals surface area (Å²) < 4.78 is 25.0. The average molecular weight is 474 g/mol. The Kier molecular flexibility index (Phi) is 6.35. The number of ether oxygens (including phenoxy) is 2. The minimum Gasteiger partial charge on any atom is -0.465 e. The first kappa shape index (κ1) is 22.1. The minimum absolute atomic E-state index is 0.0457. The van der Waals surface area contributed by atoms with Crippen molar-refractivity contribution in [1.29, 1.82) is 0 Å². The fraction of sp³-hybridized carbons (Fsp3) is 0.167. The summed E-state index contributed by atoms with van der Waals surface area (Å²) in [7, 11) is 0. The van der Waals surface area contributed by atoms with E-state index in [4.69, 9.17) is 32.7 Å². The number of hydrogen-bond donors (Lipinski definition) is 0. The van der Waals surface area contributed by atoms with Gasteiger partial charge in [-0.05, 0) is 67.6 Å². The molecule has 1 aliphatic rings. The number of carbonyl (C=O) groups is 2. The Morgan fingerprint density at radius 3 is 2.31 bits per heavy atom. The molecule has 1 unspecified atom stereocenters. The summed E-state index contributed by atoms with van der Waals surface area (Å²) in [5.41, 5.74) is 1.19. The number of ketones is 1. The smallest absolute Gasteiger partial charge is 0.318 e. The van der Waals surface area contributed by atoms with Gasteiger partial charge in [-0.1, -0.05) is 23.2 Å². The summed E-state index contributed by atoms with van der Waals surface area (Å²) in [4.78, 5) is 27.0. The van der Waals surface area contributed by atoms with Crippen LogP contribution in [-0.2, 0) is 9.53 Å². The van der Waals surface area contributed by atoms with Gasteiger partial charge in [0, 0.05) is 22.8 Å². The zero-order valence-electron chi connectivity index (χ0n) is 17.0. The molecule has 0 fully saturated rings. The molecule has 0 amide bonds. The maximum Gasteiger partial charge on any atom is 0.318 e. The fourth-order valence-electron chi connectivity index (χ4n) is 3.51. The van der Waals surface area contributed by atoms with Gasteiger partial charge in [0.2, 0.25) is 0 Å². The van der Waals surface area contributed by atoms with Gasteiger partial charge in [0.15, 0.2) is 5.78 Å². The Labute approximate surface area is 194 Å². The van der Waals surface area contributed by atoms with Crippen LogP contribution in [0.4, 0.5) is 15.8 Å². The van der Waals surface area contributed by atoms with Gasteiger partial charge in [0.1, 0.15) is 23.2 Å². The van der Waals surface area contributed by atoms with Crippen LogP contribution in [0.2, 0.25) is 10.0 Å². The second-order valence-corrected chi connectivity index (χ2v) is 7.96. The van der Waals surface area contributed by atoms with Crippen LogP contribution < -0.4 is 9.64 Å². The molecule has 164 valence electrons. The Morgan fingerprint density at radius 1 is 1.06 bits per heavy atom. The summed E-state index contributed by atoms with van der Waals surface area (Å²) in [6.07, 6.45) is 0. The van der Waals surface area contributed by atoms with Crippen molar-refractivity contribution in [3.63, 3.8) is 0 Å². The number of benzene rings is 3. The molecule has 0 spiro atoms. The number of fused-ring (bicyclic) bond motifs is 1. The van der Waals surface area contributed by atoms with E-state index in [1.165, 1.54) is 6.07 Å². The SMILES string of the molecule is CCOC(=O)C1CN(c2ccc(Oc3ccc(Cl)cc3)cc2)c2cc(Cl)c(F)cc2C1=O. The van der Waals surface area contributed by atoms with Crippen molar-refractivity contribution in [3.8, 4) is 11.5 Å². The maximum atomic E-state index is 14.1. The molecule has 0 aliphatic carbocycles. The van der Waals surface area contributed by atoms with Crippen molar-refractivity contribution in [3.05, 3.63) is 82.1 Å². The molecule has 1 heterocycles. The molecule has 1 atom stereocenters. The van der Waals surface area contributed by atoms with Crippen LogP contribution in [0, 0.1) is 11.7 Å². The van der Waals surface area contributed by atoms with Gasteiger partial charge in [-0.15, -0.1) is 0 Å². The van der Waals surface area contributed by atoms with Crippen molar-refractivity contribution in [1.82, 2.24) is 0 Å². The van der Waals surface area contributed by atoms with Crippen molar-refractivity contribution < 1.29 is 23.5 Å². The van der Waals surface area contributed by atoms with Gasteiger partial charge >= 0.3 is 5.97 Å². The van der Waals surface area contributed by atoms with Crippen molar-refractivity contribution in [2.24, 2.45) is 5.92 Å². The monoisotopic (exact) mass is 473 g/mol. The molecule has 32 heavy (non-hydrogen) atoms. The second-order valence-electron chi connectivity index (χ2n) is 7.11. The number of anilines is 2. The first-order valence-electron chi connectivity index (χ1n) is 9.88. The molecule has 4 rings (SSSR count). The molecule has 3 aromatic carbocycles. The molecular formula is C24H18Cl2FNO4. The molecule has 1 aliphatic heterocycles. The van der Waals surface area contributed by atoms with Crippen LogP contribution in [0.15, 0.2) is 60.7 Å². The second kappa shape index (κ2) is 9.18. The van der Waals surface area contributed by atoms with E-state index in [1.54, 1.807) is 60.4 Å². The Balaban J connectivity index is 1.67. The molecular weight excluding hydrogens is 456 g/mol. The average Bonchev–Trinajstić information content (AvgIpc) is 2.78. The lowest BCUT2D eigenvalue weighted by Crippen LogP contribution is -2.41. The number of rotatable bonds is 5. The highest BCUT2D eigenvalue weighted by Gasteiger charge is 2.38. The molecule has 0 N–H and O–H groups in total. The highest BCUT2D eigenvalue weighted by Crippen LogP contribution is 2.39. The Hall–Kier alpha value is -3.09. The molecule has 0 saturated carbocycles. The van der Waals surface area contributed by atoms with Crippen molar-refractivity contribution >= 4 is 46.3 Å². The number of esters is 1. The quantitative estimate of drug-likeness (QED) is 0.315. The molecule has 5 nitrogen and oxygen atoms in total. The highest BCUT2D eigenvalue weighted by atomic mass is 35.5. The van der Waals surface area contributed by atoms with E-state index in [0.29, 0.717) is 27.9 Å². The van der Waals surface area contributed by atoms with Gasteiger partial charge < -0.3 is 14.4 Å². The lowest BCUT2D eigenvalue weighted by Gasteiger charge is -2.34. The number of nitrogens with zero attached hydrogens (tertiary/aromatic N) is 1. The summed E-state index contributed by atoms with van der Waals surface area (Å²) in [5, 5.41) is 0.496. The third kappa shape index (κ3) is 4.42. The summed E-state index contributed by atoms with van der Waals surface area (Å²) in [6, 6.07) is 16.5. The molecule has 0 bridgehead atoms. The van der Waals surface area contributed by atoms with Crippen LogP contribution in [0.1, 0.15) is 17.3 Å². The van der Waals surface area contributed by atoms with Crippen LogP contribution >= 0.6 is 23.2 Å².